The van der Waals surface area contributed by atoms with Crippen molar-refractivity contribution in [1.82, 2.24) is 4.98 Å². The van der Waals surface area contributed by atoms with E-state index in [9.17, 15) is 19.8 Å². The Morgan fingerprint density at radius 3 is 2.70 bits per heavy atom. The Kier molecular flexibility index (Phi) is 5.19. The summed E-state index contributed by atoms with van der Waals surface area (Å²) in [4.78, 5) is 29.6. The van der Waals surface area contributed by atoms with Crippen LogP contribution < -0.4 is 5.56 Å². The number of aromatic nitrogens is 1. The number of nitrogens with one attached hydrogen (secondary N) is 1. The van der Waals surface area contributed by atoms with E-state index >= 15 is 0 Å². The van der Waals surface area contributed by atoms with Gasteiger partial charge in [0.15, 0.2) is 22.9 Å². The van der Waals surface area contributed by atoms with E-state index in [1.54, 1.807) is 0 Å². The fourth-order valence-electron chi connectivity index (χ4n) is 6.11. The lowest BCUT2D eigenvalue weighted by Gasteiger charge is -2.45. The third-order valence-electron chi connectivity index (χ3n) is 7.69. The van der Waals surface area contributed by atoms with Crippen molar-refractivity contribution in [1.29, 1.82) is 0 Å². The number of hydrogen-bond donors (Lipinski definition) is 3. The maximum Gasteiger partial charge on any atom is 0.262 e. The number of furan rings is 1. The molecule has 5 rings (SSSR count). The van der Waals surface area contributed by atoms with Crippen LogP contribution >= 0.6 is 0 Å². The van der Waals surface area contributed by atoms with Crippen molar-refractivity contribution in [3.63, 3.8) is 0 Å². The molecule has 0 bridgehead atoms. The number of Topliss-reactive ketones (excluding diaryl/α,β-unsaturated/α-hetero) is 1. The summed E-state index contributed by atoms with van der Waals surface area (Å²) in [6, 6.07) is 2.68. The molecule has 0 aliphatic heterocycles. The lowest BCUT2D eigenvalue weighted by Crippen LogP contribution is -2.40. The number of phenolic OH excluding ortho intramolecular Hbond substituents is 2. The summed E-state index contributed by atoms with van der Waals surface area (Å²) in [6.45, 7) is 6.36. The zero-order chi connectivity index (χ0) is 23.4. The fraction of sp³-hybridized carbons (Fsp3) is 0.407. The summed E-state index contributed by atoms with van der Waals surface area (Å²) in [6.07, 6.45) is 11.1. The van der Waals surface area contributed by atoms with Gasteiger partial charge < -0.3 is 19.6 Å². The van der Waals surface area contributed by atoms with Crippen LogP contribution in [0.15, 0.2) is 51.3 Å². The van der Waals surface area contributed by atoms with Crippen LogP contribution in [0.5, 0.6) is 11.5 Å². The van der Waals surface area contributed by atoms with Crippen LogP contribution in [0.3, 0.4) is 0 Å². The summed E-state index contributed by atoms with van der Waals surface area (Å²) in [5.41, 5.74) is 1.22. The third kappa shape index (κ3) is 3.39. The number of carbonyl (C=O) groups excluding carboxylic acids is 1. The zero-order valence-corrected chi connectivity index (χ0v) is 19.1. The standard InChI is InChI=1S/C27H29NO5/c1-4-5-16-17-8-13(2)6-7-15(17)14(3)9-19(16)25(31)24-26-20(12-28-27(24)32)18-10-21(29)22(30)11-23(18)33-26/h4-5,9-13,15-17,19,29-30H,6-8H2,1-3H3,(H,28,32)/b5-4+/t13-,15?,16+,17?,19+/m0/s1. The largest absolute Gasteiger partial charge is 0.504 e. The Hall–Kier alpha value is -3.28. The Bertz CT molecular complexity index is 1370. The predicted octanol–water partition coefficient (Wildman–Crippen LogP) is 5.69. The Labute approximate surface area is 191 Å². The Balaban J connectivity index is 1.68. The first-order valence-corrected chi connectivity index (χ1v) is 11.6. The highest BCUT2D eigenvalue weighted by molar-refractivity contribution is 6.14. The smallest absolute Gasteiger partial charge is 0.262 e. The maximum absolute atomic E-state index is 14.0. The van der Waals surface area contributed by atoms with Crippen molar-refractivity contribution in [3.8, 4) is 11.5 Å². The van der Waals surface area contributed by atoms with E-state index in [1.807, 2.05) is 13.0 Å². The molecule has 0 radical (unpaired) electrons. The summed E-state index contributed by atoms with van der Waals surface area (Å²) < 4.78 is 5.91. The van der Waals surface area contributed by atoms with Crippen molar-refractivity contribution in [3.05, 3.63) is 58.0 Å². The molecule has 3 aromatic rings. The second-order valence-electron chi connectivity index (χ2n) is 9.77. The van der Waals surface area contributed by atoms with E-state index in [-0.39, 0.29) is 34.3 Å². The first-order valence-electron chi connectivity index (χ1n) is 11.6. The molecule has 6 nitrogen and oxygen atoms in total. The van der Waals surface area contributed by atoms with E-state index in [0.29, 0.717) is 34.1 Å². The first kappa shape index (κ1) is 21.6. The van der Waals surface area contributed by atoms with Crippen LogP contribution in [0.1, 0.15) is 50.4 Å². The average Bonchev–Trinajstić information content (AvgIpc) is 3.12. The maximum atomic E-state index is 14.0. The lowest BCUT2D eigenvalue weighted by atomic mass is 9.59. The minimum atomic E-state index is -0.496. The molecule has 172 valence electrons. The van der Waals surface area contributed by atoms with Gasteiger partial charge in [0.1, 0.15) is 11.1 Å². The van der Waals surface area contributed by atoms with Crippen LogP contribution in [0.4, 0.5) is 0 Å². The highest BCUT2D eigenvalue weighted by Crippen LogP contribution is 2.49. The van der Waals surface area contributed by atoms with E-state index < -0.39 is 11.5 Å². The van der Waals surface area contributed by atoms with E-state index in [0.717, 1.165) is 12.8 Å². The van der Waals surface area contributed by atoms with Gasteiger partial charge in [-0.05, 0) is 56.4 Å². The van der Waals surface area contributed by atoms with E-state index in [4.69, 9.17) is 4.42 Å². The molecular formula is C27H29NO5. The number of hydrogen-bond acceptors (Lipinski definition) is 5. The number of aromatic hydroxyl groups is 2. The molecular weight excluding hydrogens is 418 g/mol. The molecule has 2 heterocycles. The van der Waals surface area contributed by atoms with Gasteiger partial charge in [0.05, 0.1) is 0 Å². The molecule has 2 aliphatic carbocycles. The molecule has 0 saturated heterocycles. The topological polar surface area (TPSA) is 104 Å². The number of rotatable bonds is 3. The summed E-state index contributed by atoms with van der Waals surface area (Å²) in [5.74, 6) is 0.152. The quantitative estimate of drug-likeness (QED) is 0.272. The first-order chi connectivity index (χ1) is 15.8. The van der Waals surface area contributed by atoms with E-state index in [1.165, 1.54) is 30.3 Å². The van der Waals surface area contributed by atoms with Crippen LogP contribution in [0.2, 0.25) is 0 Å². The van der Waals surface area contributed by atoms with Gasteiger partial charge in [-0.15, -0.1) is 0 Å². The molecule has 2 aromatic heterocycles. The second kappa shape index (κ2) is 7.94. The summed E-state index contributed by atoms with van der Waals surface area (Å²) in [7, 11) is 0. The number of phenols is 2. The Morgan fingerprint density at radius 2 is 1.94 bits per heavy atom. The van der Waals surface area contributed by atoms with Gasteiger partial charge in [-0.1, -0.05) is 37.1 Å². The molecule has 0 amide bonds. The monoisotopic (exact) mass is 447 g/mol. The van der Waals surface area contributed by atoms with Gasteiger partial charge in [0.2, 0.25) is 0 Å². The highest BCUT2D eigenvalue weighted by atomic mass is 16.3. The molecule has 3 N–H and O–H groups in total. The number of allylic oxidation sites excluding steroid dienone is 4. The van der Waals surface area contributed by atoms with Crippen LogP contribution in [0.25, 0.3) is 21.9 Å². The number of H-pyrrole nitrogens is 1. The second-order valence-corrected chi connectivity index (χ2v) is 9.77. The van der Waals surface area contributed by atoms with Crippen molar-refractivity contribution >= 4 is 27.7 Å². The summed E-state index contributed by atoms with van der Waals surface area (Å²) in [5, 5.41) is 20.9. The van der Waals surface area contributed by atoms with Crippen LogP contribution in [-0.4, -0.2) is 21.0 Å². The number of fused-ring (bicyclic) bond motifs is 4. The number of pyridine rings is 1. The van der Waals surface area contributed by atoms with Crippen molar-refractivity contribution in [2.45, 2.75) is 40.0 Å². The fourth-order valence-corrected chi connectivity index (χ4v) is 6.11. The van der Waals surface area contributed by atoms with Gasteiger partial charge in [0, 0.05) is 29.0 Å². The molecule has 1 saturated carbocycles. The van der Waals surface area contributed by atoms with Gasteiger partial charge in [-0.25, -0.2) is 0 Å². The molecule has 6 heteroatoms. The lowest BCUT2D eigenvalue weighted by molar-refractivity contribution is 0.0807. The number of benzene rings is 1. The number of aromatic amines is 1. The molecule has 0 spiro atoms. The Morgan fingerprint density at radius 1 is 1.18 bits per heavy atom. The molecule has 1 fully saturated rings. The molecule has 2 unspecified atom stereocenters. The highest BCUT2D eigenvalue weighted by Gasteiger charge is 2.43. The van der Waals surface area contributed by atoms with Crippen molar-refractivity contribution < 1.29 is 19.4 Å². The van der Waals surface area contributed by atoms with Crippen LogP contribution in [0, 0.1) is 29.6 Å². The van der Waals surface area contributed by atoms with Crippen LogP contribution in [-0.2, 0) is 0 Å². The minimum absolute atomic E-state index is 0.00598. The third-order valence-corrected chi connectivity index (χ3v) is 7.69. The van der Waals surface area contributed by atoms with Gasteiger partial charge in [-0.2, -0.15) is 0 Å². The van der Waals surface area contributed by atoms with Gasteiger partial charge >= 0.3 is 0 Å². The summed E-state index contributed by atoms with van der Waals surface area (Å²) >= 11 is 0. The molecule has 5 atom stereocenters. The van der Waals surface area contributed by atoms with E-state index in [2.05, 4.69) is 31.0 Å². The number of ketones is 1. The SMILES string of the molecule is C/C=C/[C@@H]1C2C[C@@H](C)CCC2C(C)=C[C@H]1C(=O)c1c(=O)[nH]cc2c1oc1cc(O)c(O)cc12. The average molecular weight is 448 g/mol. The molecule has 2 aliphatic rings. The normalized spacial score (nSPS) is 27.7. The molecule has 33 heavy (non-hydrogen) atoms. The van der Waals surface area contributed by atoms with Crippen molar-refractivity contribution in [2.24, 2.45) is 29.6 Å². The predicted molar refractivity (Wildman–Crippen MR) is 128 cm³/mol. The van der Waals surface area contributed by atoms with Gasteiger partial charge in [-0.3, -0.25) is 9.59 Å². The zero-order valence-electron chi connectivity index (χ0n) is 19.1. The minimum Gasteiger partial charge on any atom is -0.504 e. The molecule has 1 aromatic carbocycles. The number of carbonyl (C=O) groups is 1. The van der Waals surface area contributed by atoms with Crippen molar-refractivity contribution in [2.75, 3.05) is 0 Å². The van der Waals surface area contributed by atoms with Gasteiger partial charge in [0.25, 0.3) is 5.56 Å².